The normalized spacial score (nSPS) is 14.9. The zero-order valence-electron chi connectivity index (χ0n) is 24.8. The minimum atomic E-state index is -1.49. The molecule has 43 heavy (non-hydrogen) atoms. The van der Waals surface area contributed by atoms with Crippen LogP contribution >= 0.6 is 0 Å². The molecule has 12 heteroatoms. The smallest absolute Gasteiger partial charge is 0.434 e. The van der Waals surface area contributed by atoms with Gasteiger partial charge in [0.25, 0.3) is 0 Å². The maximum Gasteiger partial charge on any atom is 0.434 e. The van der Waals surface area contributed by atoms with Crippen molar-refractivity contribution in [1.82, 2.24) is 25.5 Å². The molecule has 1 aliphatic carbocycles. The summed E-state index contributed by atoms with van der Waals surface area (Å²) in [6.45, 7) is 5.58. The van der Waals surface area contributed by atoms with Crippen LogP contribution in [0.3, 0.4) is 0 Å². The Bertz CT molecular complexity index is 1440. The van der Waals surface area contributed by atoms with Crippen molar-refractivity contribution >= 4 is 23.9 Å². The first-order valence-electron chi connectivity index (χ1n) is 14.4. The fraction of sp³-hybridized carbons (Fsp3) is 0.419. The summed E-state index contributed by atoms with van der Waals surface area (Å²) in [6, 6.07) is 15.1. The van der Waals surface area contributed by atoms with E-state index in [-0.39, 0.29) is 43.3 Å². The lowest BCUT2D eigenvalue weighted by Gasteiger charge is -2.32. The molecule has 0 bridgehead atoms. The maximum absolute atomic E-state index is 13.7. The third-order valence-corrected chi connectivity index (χ3v) is 8.18. The maximum atomic E-state index is 13.7. The number of nitrogens with zero attached hydrogens (tertiary/aromatic N) is 3. The fourth-order valence-corrected chi connectivity index (χ4v) is 5.50. The predicted octanol–water partition coefficient (Wildman–Crippen LogP) is 4.15. The van der Waals surface area contributed by atoms with Crippen LogP contribution in [0, 0.1) is 16.0 Å². The number of carbonyl (C=O) groups excluding carboxylic acids is 3. The molecule has 228 valence electrons. The Morgan fingerprint density at radius 3 is 2.33 bits per heavy atom. The SMILES string of the molecule is CC[C@H](C)[C@H](NC(=O)[C@](C)(CCCn1ccnc1[N+](=O)[O-])NC(=O)OCC1c2ccccc2-c2ccccc21)C(=O)NC. The van der Waals surface area contributed by atoms with Gasteiger partial charge in [-0.3, -0.25) is 9.59 Å². The first-order valence-corrected chi connectivity index (χ1v) is 14.4. The second kappa shape index (κ2) is 13.5. The Kier molecular flexibility index (Phi) is 9.79. The molecule has 1 aliphatic rings. The number of carbonyl (C=O) groups is 3. The molecule has 0 saturated carbocycles. The van der Waals surface area contributed by atoms with Crippen molar-refractivity contribution in [1.29, 1.82) is 0 Å². The van der Waals surface area contributed by atoms with Gasteiger partial charge in [0.15, 0.2) is 0 Å². The number of benzene rings is 2. The van der Waals surface area contributed by atoms with Crippen LogP contribution in [0.15, 0.2) is 60.9 Å². The van der Waals surface area contributed by atoms with Crippen LogP contribution in [0.4, 0.5) is 10.7 Å². The number of likely N-dealkylation sites (N-methyl/N-ethyl adjacent to an activating group) is 1. The standard InChI is InChI=1S/C31H38N6O6/c1-5-20(2)26(27(38)32-4)34-28(39)31(3,15-10-17-36-18-16-33-29(36)37(41)42)35-30(40)43-19-25-23-13-8-6-11-21(23)22-12-7-9-14-24(22)25/h6-9,11-14,16,18,20,25-26H,5,10,15,17,19H2,1-4H3,(H,32,38)(H,34,39)(H,35,40)/t20-,26-,31-/m0/s1. The first kappa shape index (κ1) is 31.2. The number of amides is 3. The van der Waals surface area contributed by atoms with Gasteiger partial charge in [0.05, 0.1) is 6.54 Å². The molecule has 12 nitrogen and oxygen atoms in total. The number of imidazole rings is 1. The van der Waals surface area contributed by atoms with Crippen LogP contribution in [-0.4, -0.2) is 57.6 Å². The molecule has 0 aliphatic heterocycles. The van der Waals surface area contributed by atoms with E-state index in [4.69, 9.17) is 4.74 Å². The summed E-state index contributed by atoms with van der Waals surface area (Å²) in [6.07, 6.45) is 3.07. The highest BCUT2D eigenvalue weighted by atomic mass is 16.6. The zero-order valence-corrected chi connectivity index (χ0v) is 24.8. The van der Waals surface area contributed by atoms with Crippen molar-refractivity contribution in [3.8, 4) is 11.1 Å². The molecular formula is C31H38N6O6. The minimum absolute atomic E-state index is 0.0620. The van der Waals surface area contributed by atoms with E-state index in [1.165, 1.54) is 24.0 Å². The Balaban J connectivity index is 1.50. The molecule has 3 aromatic rings. The third kappa shape index (κ3) is 6.85. The van der Waals surface area contributed by atoms with Crippen LogP contribution < -0.4 is 16.0 Å². The van der Waals surface area contributed by atoms with Crippen molar-refractivity contribution in [2.24, 2.45) is 5.92 Å². The van der Waals surface area contributed by atoms with Gasteiger partial charge in [-0.15, -0.1) is 0 Å². The van der Waals surface area contributed by atoms with Crippen LogP contribution in [0.25, 0.3) is 11.1 Å². The van der Waals surface area contributed by atoms with Crippen LogP contribution in [0.2, 0.25) is 0 Å². The van der Waals surface area contributed by atoms with E-state index in [0.29, 0.717) is 12.8 Å². The van der Waals surface area contributed by atoms with Crippen LogP contribution in [0.1, 0.15) is 57.1 Å². The average Bonchev–Trinajstić information content (AvgIpc) is 3.60. The number of rotatable bonds is 13. The summed E-state index contributed by atoms with van der Waals surface area (Å²) in [5.41, 5.74) is 2.81. The first-order chi connectivity index (χ1) is 20.6. The Morgan fingerprint density at radius 1 is 1.12 bits per heavy atom. The van der Waals surface area contributed by atoms with E-state index < -0.39 is 28.5 Å². The summed E-state index contributed by atoms with van der Waals surface area (Å²) in [4.78, 5) is 54.0. The monoisotopic (exact) mass is 590 g/mol. The number of fused-ring (bicyclic) bond motifs is 3. The van der Waals surface area contributed by atoms with Crippen molar-refractivity contribution in [3.05, 3.63) is 82.2 Å². The highest BCUT2D eigenvalue weighted by Crippen LogP contribution is 2.44. The molecule has 2 aromatic carbocycles. The topological polar surface area (TPSA) is 157 Å². The fourth-order valence-electron chi connectivity index (χ4n) is 5.50. The van der Waals surface area contributed by atoms with Gasteiger partial charge in [-0.2, -0.15) is 0 Å². The molecule has 0 spiro atoms. The van der Waals surface area contributed by atoms with E-state index in [2.05, 4.69) is 20.9 Å². The Hall–Kier alpha value is -4.74. The van der Waals surface area contributed by atoms with Gasteiger partial charge in [0, 0.05) is 13.0 Å². The number of hydrogen-bond acceptors (Lipinski definition) is 7. The van der Waals surface area contributed by atoms with Gasteiger partial charge in [0.1, 0.15) is 30.6 Å². The average molecular weight is 591 g/mol. The molecule has 0 saturated heterocycles. The van der Waals surface area contributed by atoms with Crippen molar-refractivity contribution in [3.63, 3.8) is 0 Å². The van der Waals surface area contributed by atoms with Gasteiger partial charge >= 0.3 is 12.0 Å². The van der Waals surface area contributed by atoms with Gasteiger partial charge < -0.3 is 30.8 Å². The highest BCUT2D eigenvalue weighted by molar-refractivity contribution is 5.94. The lowest BCUT2D eigenvalue weighted by molar-refractivity contribution is -0.396. The van der Waals surface area contributed by atoms with Crippen LogP contribution in [-0.2, 0) is 20.9 Å². The molecule has 3 N–H and O–H groups in total. The number of ether oxygens (including phenoxy) is 1. The van der Waals surface area contributed by atoms with E-state index in [9.17, 15) is 24.5 Å². The summed E-state index contributed by atoms with van der Waals surface area (Å²) in [7, 11) is 1.50. The van der Waals surface area contributed by atoms with Gasteiger partial charge in [0.2, 0.25) is 11.8 Å². The Morgan fingerprint density at radius 2 is 1.74 bits per heavy atom. The predicted molar refractivity (Wildman–Crippen MR) is 160 cm³/mol. The number of hydrogen-bond donors (Lipinski definition) is 3. The number of nitro groups is 1. The highest BCUT2D eigenvalue weighted by Gasteiger charge is 2.39. The third-order valence-electron chi connectivity index (χ3n) is 8.18. The number of aromatic nitrogens is 2. The molecule has 1 aromatic heterocycles. The molecule has 3 amide bonds. The van der Waals surface area contributed by atoms with Gasteiger partial charge in [-0.25, -0.2) is 9.36 Å². The van der Waals surface area contributed by atoms with E-state index in [1.807, 2.05) is 62.4 Å². The minimum Gasteiger partial charge on any atom is -0.449 e. The Labute approximate surface area is 250 Å². The molecule has 0 radical (unpaired) electrons. The molecular weight excluding hydrogens is 552 g/mol. The van der Waals surface area contributed by atoms with Gasteiger partial charge in [-0.1, -0.05) is 73.8 Å². The lowest BCUT2D eigenvalue weighted by Crippen LogP contribution is -2.61. The van der Waals surface area contributed by atoms with Gasteiger partial charge in [-0.05, 0) is 52.9 Å². The summed E-state index contributed by atoms with van der Waals surface area (Å²) in [5, 5.41) is 19.4. The molecule has 0 unspecified atom stereocenters. The van der Waals surface area contributed by atoms with E-state index in [1.54, 1.807) is 6.92 Å². The second-order valence-corrected chi connectivity index (χ2v) is 11.0. The largest absolute Gasteiger partial charge is 0.449 e. The number of aryl methyl sites for hydroxylation is 1. The summed E-state index contributed by atoms with van der Waals surface area (Å²) < 4.78 is 7.09. The van der Waals surface area contributed by atoms with E-state index in [0.717, 1.165) is 22.3 Å². The molecule has 0 fully saturated rings. The molecule has 1 heterocycles. The second-order valence-electron chi connectivity index (χ2n) is 11.0. The molecule has 3 atom stereocenters. The molecule has 4 rings (SSSR count). The van der Waals surface area contributed by atoms with Crippen LogP contribution in [0.5, 0.6) is 0 Å². The van der Waals surface area contributed by atoms with Crippen molar-refractivity contribution < 1.29 is 24.0 Å². The zero-order chi connectivity index (χ0) is 31.1. The van der Waals surface area contributed by atoms with Crippen molar-refractivity contribution in [2.45, 2.75) is 64.1 Å². The number of alkyl carbamates (subject to hydrolysis) is 1. The number of nitrogens with one attached hydrogen (secondary N) is 3. The lowest BCUT2D eigenvalue weighted by atomic mass is 9.92. The summed E-state index contributed by atoms with van der Waals surface area (Å²) in [5.74, 6) is -1.55. The van der Waals surface area contributed by atoms with Crippen molar-refractivity contribution in [2.75, 3.05) is 13.7 Å². The van der Waals surface area contributed by atoms with E-state index >= 15 is 0 Å². The summed E-state index contributed by atoms with van der Waals surface area (Å²) >= 11 is 0. The quantitative estimate of drug-likeness (QED) is 0.199.